The van der Waals surface area contributed by atoms with Crippen molar-refractivity contribution in [2.24, 2.45) is 0 Å². The van der Waals surface area contributed by atoms with E-state index < -0.39 is 38.6 Å². The lowest BCUT2D eigenvalue weighted by molar-refractivity contribution is -0.161. The van der Waals surface area contributed by atoms with E-state index in [1.54, 1.807) is 6.08 Å². The van der Waals surface area contributed by atoms with Gasteiger partial charge in [0.15, 0.2) is 6.10 Å². The van der Waals surface area contributed by atoms with E-state index in [2.05, 4.69) is 79.1 Å². The number of phosphoric ester groups is 1. The highest BCUT2D eigenvalue weighted by atomic mass is 31.2. The van der Waals surface area contributed by atoms with Crippen LogP contribution in [0.15, 0.2) is 109 Å². The summed E-state index contributed by atoms with van der Waals surface area (Å²) in [5.74, 6) is -1.04. The second-order valence-electron chi connectivity index (χ2n) is 13.1. The second kappa shape index (κ2) is 38.9. The highest BCUT2D eigenvalue weighted by molar-refractivity contribution is 7.46. The molecule has 10 heteroatoms. The fourth-order valence-corrected chi connectivity index (χ4v) is 5.19. The van der Waals surface area contributed by atoms with Crippen LogP contribution in [-0.4, -0.2) is 52.3 Å². The van der Waals surface area contributed by atoms with Gasteiger partial charge >= 0.3 is 19.8 Å². The molecule has 0 aliphatic carbocycles. The van der Waals surface area contributed by atoms with Crippen molar-refractivity contribution in [3.8, 4) is 0 Å². The van der Waals surface area contributed by atoms with Gasteiger partial charge in [-0.05, 0) is 89.9 Å². The maximum atomic E-state index is 12.4. The Kier molecular flexibility index (Phi) is 36.6. The van der Waals surface area contributed by atoms with Crippen LogP contribution in [0.3, 0.4) is 0 Å². The van der Waals surface area contributed by atoms with E-state index in [1.165, 1.54) is 25.7 Å². The minimum atomic E-state index is -4.80. The van der Waals surface area contributed by atoms with Crippen LogP contribution >= 0.6 is 7.82 Å². The van der Waals surface area contributed by atoms with E-state index in [-0.39, 0.29) is 19.4 Å². The number of unbranched alkanes of at least 4 members (excludes halogenated alkanes) is 7. The Morgan fingerprint density at radius 2 is 1.11 bits per heavy atom. The van der Waals surface area contributed by atoms with Gasteiger partial charge in [0, 0.05) is 12.8 Å². The Labute approximate surface area is 332 Å². The van der Waals surface area contributed by atoms with Crippen LogP contribution in [0.4, 0.5) is 0 Å². The summed E-state index contributed by atoms with van der Waals surface area (Å²) >= 11 is 0. The first-order valence-corrected chi connectivity index (χ1v) is 21.8. The predicted octanol–water partition coefficient (Wildman–Crippen LogP) is 11.4. The summed E-state index contributed by atoms with van der Waals surface area (Å²) in [7, 11) is -4.80. The molecule has 0 bridgehead atoms. The molecule has 9 nitrogen and oxygen atoms in total. The Hall–Kier alpha value is -3.33. The number of esters is 2. The summed E-state index contributed by atoms with van der Waals surface area (Å²) in [5.41, 5.74) is 0. The molecule has 0 spiro atoms. The fraction of sp³-hybridized carbons (Fsp3) is 0.556. The Bertz CT molecular complexity index is 1270. The Balaban J connectivity index is 4.20. The molecule has 310 valence electrons. The van der Waals surface area contributed by atoms with Crippen LogP contribution in [0.25, 0.3) is 0 Å². The lowest BCUT2D eigenvalue weighted by atomic mass is 10.1. The lowest BCUT2D eigenvalue weighted by Gasteiger charge is -2.18. The third-order valence-electron chi connectivity index (χ3n) is 7.86. The number of allylic oxidation sites excluding steroid dienone is 16. The number of carbonyl (C=O) groups is 2. The maximum absolute atomic E-state index is 12.4. The van der Waals surface area contributed by atoms with Gasteiger partial charge < -0.3 is 24.4 Å². The molecule has 0 heterocycles. The van der Waals surface area contributed by atoms with E-state index in [9.17, 15) is 19.3 Å². The standard InChI is InChI=1S/C45H71O9P/c1-3-5-7-9-11-12-13-14-15-16-17-18-19-20-21-22-27-31-35-39-45(48)54-43(41-53-55(49,50)51)40-52-44(47)38-34-30-26-24-23-25-29-33-37-42(46)36-32-28-10-8-6-4-2/h6,8,11-12,14-15,17-18,20-21,24-26,28-29,32-33,37,42-43,46H,3-5,7,9-10,13,16,19,22-23,27,30-31,34-36,38-41H2,1-2H3,(H2,49,50,51)/b8-6-,12-11-,15-14-,18-17-,21-20-,26-24-,29-25-,32-28-,37-33+/t42?,43-/m1/s1. The number of rotatable bonds is 35. The van der Waals surface area contributed by atoms with Gasteiger partial charge in [-0.1, -0.05) is 142 Å². The zero-order valence-corrected chi connectivity index (χ0v) is 34.5. The van der Waals surface area contributed by atoms with Crippen molar-refractivity contribution in [1.29, 1.82) is 0 Å². The summed E-state index contributed by atoms with van der Waals surface area (Å²) in [5, 5.41) is 9.97. The number of aliphatic hydroxyl groups is 1. The molecule has 0 fully saturated rings. The van der Waals surface area contributed by atoms with E-state index in [4.69, 9.17) is 19.3 Å². The van der Waals surface area contributed by atoms with E-state index >= 15 is 0 Å². The van der Waals surface area contributed by atoms with Crippen molar-refractivity contribution < 1.29 is 43.0 Å². The molecular weight excluding hydrogens is 715 g/mol. The van der Waals surface area contributed by atoms with E-state index in [1.807, 2.05) is 42.5 Å². The maximum Gasteiger partial charge on any atom is 0.469 e. The minimum absolute atomic E-state index is 0.142. The van der Waals surface area contributed by atoms with Gasteiger partial charge in [0.05, 0.1) is 12.7 Å². The molecule has 1 unspecified atom stereocenters. The zero-order chi connectivity index (χ0) is 40.5. The number of phosphoric acid groups is 1. The smallest absolute Gasteiger partial charge is 0.462 e. The summed E-state index contributed by atoms with van der Waals surface area (Å²) in [6, 6.07) is 0. The first-order chi connectivity index (χ1) is 26.7. The normalized spacial score (nSPS) is 14.2. The predicted molar refractivity (Wildman–Crippen MR) is 226 cm³/mol. The average Bonchev–Trinajstić information content (AvgIpc) is 3.15. The van der Waals surface area contributed by atoms with E-state index in [0.717, 1.165) is 51.4 Å². The SMILES string of the molecule is CC/C=C\C/C=C\CC(O)/C=C/C=C\C/C=C\CCCC(=O)OC[C@H](COP(=O)(O)O)OC(=O)CCCCC/C=C\C/C=C\C/C=C\C/C=C\CCCCC. The topological polar surface area (TPSA) is 140 Å². The monoisotopic (exact) mass is 786 g/mol. The fourth-order valence-electron chi connectivity index (χ4n) is 4.83. The van der Waals surface area contributed by atoms with Crippen LogP contribution in [0, 0.1) is 0 Å². The van der Waals surface area contributed by atoms with Crippen molar-refractivity contribution in [2.75, 3.05) is 13.2 Å². The highest BCUT2D eigenvalue weighted by Crippen LogP contribution is 2.36. The average molecular weight is 787 g/mol. The Morgan fingerprint density at radius 3 is 1.71 bits per heavy atom. The van der Waals surface area contributed by atoms with Crippen molar-refractivity contribution in [1.82, 2.24) is 0 Å². The number of hydrogen-bond acceptors (Lipinski definition) is 7. The molecule has 0 amide bonds. The summed E-state index contributed by atoms with van der Waals surface area (Å²) in [6.07, 6.45) is 51.3. The van der Waals surface area contributed by atoms with E-state index in [0.29, 0.717) is 32.1 Å². The van der Waals surface area contributed by atoms with Crippen LogP contribution in [-0.2, 0) is 28.2 Å². The van der Waals surface area contributed by atoms with Crippen molar-refractivity contribution in [3.63, 3.8) is 0 Å². The van der Waals surface area contributed by atoms with Crippen LogP contribution in [0.1, 0.15) is 136 Å². The molecule has 0 aliphatic heterocycles. The van der Waals surface area contributed by atoms with Crippen LogP contribution in [0.5, 0.6) is 0 Å². The molecule has 3 N–H and O–H groups in total. The summed E-state index contributed by atoms with van der Waals surface area (Å²) in [6.45, 7) is 3.37. The third kappa shape index (κ3) is 41.7. The molecule has 0 rings (SSSR count). The quantitative estimate of drug-likeness (QED) is 0.0188. The molecule has 55 heavy (non-hydrogen) atoms. The first-order valence-electron chi connectivity index (χ1n) is 20.3. The molecule has 2 atom stereocenters. The van der Waals surface area contributed by atoms with Crippen molar-refractivity contribution >= 4 is 19.8 Å². The summed E-state index contributed by atoms with van der Waals surface area (Å²) in [4.78, 5) is 42.8. The number of carbonyl (C=O) groups excluding carboxylic acids is 2. The Morgan fingerprint density at radius 1 is 0.582 bits per heavy atom. The molecular formula is C45H71O9P. The molecule has 0 saturated carbocycles. The number of ether oxygens (including phenoxy) is 2. The number of aliphatic hydroxyl groups excluding tert-OH is 1. The van der Waals surface area contributed by atoms with Gasteiger partial charge in [-0.25, -0.2) is 4.57 Å². The van der Waals surface area contributed by atoms with Gasteiger partial charge in [-0.15, -0.1) is 0 Å². The zero-order valence-electron chi connectivity index (χ0n) is 33.6. The van der Waals surface area contributed by atoms with Gasteiger partial charge in [0.2, 0.25) is 0 Å². The summed E-state index contributed by atoms with van der Waals surface area (Å²) < 4.78 is 26.3. The third-order valence-corrected chi connectivity index (χ3v) is 8.34. The highest BCUT2D eigenvalue weighted by Gasteiger charge is 2.22. The van der Waals surface area contributed by atoms with Crippen LogP contribution in [0.2, 0.25) is 0 Å². The van der Waals surface area contributed by atoms with Gasteiger partial charge in [-0.2, -0.15) is 0 Å². The van der Waals surface area contributed by atoms with Crippen LogP contribution < -0.4 is 0 Å². The molecule has 0 radical (unpaired) electrons. The van der Waals surface area contributed by atoms with Crippen molar-refractivity contribution in [2.45, 2.75) is 148 Å². The minimum Gasteiger partial charge on any atom is -0.462 e. The van der Waals surface area contributed by atoms with Gasteiger partial charge in [0.1, 0.15) is 6.61 Å². The lowest BCUT2D eigenvalue weighted by Crippen LogP contribution is -2.29. The van der Waals surface area contributed by atoms with Crippen molar-refractivity contribution in [3.05, 3.63) is 109 Å². The van der Waals surface area contributed by atoms with Gasteiger partial charge in [0.25, 0.3) is 0 Å². The first kappa shape index (κ1) is 51.7. The molecule has 0 aliphatic rings. The molecule has 0 saturated heterocycles. The number of hydrogen-bond donors (Lipinski definition) is 3. The van der Waals surface area contributed by atoms with Gasteiger partial charge in [-0.3, -0.25) is 14.1 Å². The largest absolute Gasteiger partial charge is 0.469 e. The molecule has 0 aromatic carbocycles. The second-order valence-corrected chi connectivity index (χ2v) is 14.3. The molecule has 0 aromatic rings. The molecule has 0 aromatic heterocycles.